The summed E-state index contributed by atoms with van der Waals surface area (Å²) in [7, 11) is 1.32. The summed E-state index contributed by atoms with van der Waals surface area (Å²) in [4.78, 5) is 1.06. The number of nitrogens with zero attached hydrogens (tertiary/aromatic N) is 1. The van der Waals surface area contributed by atoms with E-state index in [2.05, 4.69) is 0 Å². The molecule has 0 bridgehead atoms. The highest BCUT2D eigenvalue weighted by Crippen LogP contribution is 2.25. The Labute approximate surface area is 75.3 Å². The molecule has 0 aliphatic heterocycles. The number of aliphatic hydroxyl groups is 1. The number of alkyl halides is 3. The van der Waals surface area contributed by atoms with Gasteiger partial charge in [-0.1, -0.05) is 0 Å². The Hall–Kier alpha value is -0.330. The molecule has 0 rings (SSSR count). The third kappa shape index (κ3) is 4.44. The Kier molecular flexibility index (Phi) is 5.27. The predicted octanol–water partition coefficient (Wildman–Crippen LogP) is 0.190. The van der Waals surface area contributed by atoms with Gasteiger partial charge < -0.3 is 10.8 Å². The van der Waals surface area contributed by atoms with Crippen molar-refractivity contribution in [2.45, 2.75) is 18.6 Å². The second kappa shape index (κ2) is 5.41. The monoisotopic (exact) mass is 200 g/mol. The van der Waals surface area contributed by atoms with E-state index in [9.17, 15) is 13.2 Å². The van der Waals surface area contributed by atoms with Gasteiger partial charge >= 0.3 is 6.18 Å². The van der Waals surface area contributed by atoms with Crippen LogP contribution in [0.15, 0.2) is 0 Å². The molecule has 0 amide bonds. The van der Waals surface area contributed by atoms with Crippen molar-refractivity contribution < 1.29 is 18.3 Å². The van der Waals surface area contributed by atoms with Crippen LogP contribution >= 0.6 is 0 Å². The van der Waals surface area contributed by atoms with Crippen molar-refractivity contribution >= 4 is 0 Å². The number of rotatable bonds is 5. The van der Waals surface area contributed by atoms with Crippen molar-refractivity contribution in [3.63, 3.8) is 0 Å². The molecule has 0 saturated heterocycles. The summed E-state index contributed by atoms with van der Waals surface area (Å²) in [6.07, 6.45) is -4.41. The summed E-state index contributed by atoms with van der Waals surface area (Å²) < 4.78 is 36.9. The maximum Gasteiger partial charge on any atom is 0.404 e. The van der Waals surface area contributed by atoms with Crippen LogP contribution in [0.2, 0.25) is 0 Å². The molecule has 0 aliphatic carbocycles. The summed E-state index contributed by atoms with van der Waals surface area (Å²) >= 11 is 0. The van der Waals surface area contributed by atoms with Crippen LogP contribution < -0.4 is 5.73 Å². The highest BCUT2D eigenvalue weighted by Gasteiger charge is 2.41. The molecule has 3 nitrogen and oxygen atoms in total. The van der Waals surface area contributed by atoms with Crippen LogP contribution in [0.4, 0.5) is 13.2 Å². The SMILES string of the molecule is CN(CCO)C(CCN)C(F)(F)F. The van der Waals surface area contributed by atoms with Gasteiger partial charge in [-0.3, -0.25) is 4.90 Å². The molecule has 1 unspecified atom stereocenters. The number of nitrogens with two attached hydrogens (primary N) is 1. The van der Waals surface area contributed by atoms with E-state index in [0.29, 0.717) is 0 Å². The average Bonchev–Trinajstić information content (AvgIpc) is 1.98. The van der Waals surface area contributed by atoms with Crippen LogP contribution in [0.3, 0.4) is 0 Å². The summed E-state index contributed by atoms with van der Waals surface area (Å²) in [5, 5.41) is 8.48. The topological polar surface area (TPSA) is 49.5 Å². The first kappa shape index (κ1) is 12.7. The zero-order valence-electron chi connectivity index (χ0n) is 7.51. The van der Waals surface area contributed by atoms with Crippen LogP contribution in [0.5, 0.6) is 0 Å². The molecule has 0 heterocycles. The second-order valence-electron chi connectivity index (χ2n) is 2.84. The Morgan fingerprint density at radius 2 is 2.00 bits per heavy atom. The molecule has 13 heavy (non-hydrogen) atoms. The van der Waals surface area contributed by atoms with Crippen LogP contribution in [-0.4, -0.2) is 49.0 Å². The fourth-order valence-electron chi connectivity index (χ4n) is 1.11. The average molecular weight is 200 g/mol. The highest BCUT2D eigenvalue weighted by atomic mass is 19.4. The minimum Gasteiger partial charge on any atom is -0.395 e. The van der Waals surface area contributed by atoms with Gasteiger partial charge in [-0.2, -0.15) is 13.2 Å². The molecule has 0 aromatic rings. The van der Waals surface area contributed by atoms with Crippen molar-refractivity contribution in [2.24, 2.45) is 5.73 Å². The lowest BCUT2D eigenvalue weighted by molar-refractivity contribution is -0.182. The molecule has 0 aromatic carbocycles. The molecule has 1 atom stereocenters. The fraction of sp³-hybridized carbons (Fsp3) is 1.00. The van der Waals surface area contributed by atoms with E-state index >= 15 is 0 Å². The lowest BCUT2D eigenvalue weighted by atomic mass is 10.2. The molecule has 6 heteroatoms. The van der Waals surface area contributed by atoms with Gasteiger partial charge in [0.2, 0.25) is 0 Å². The summed E-state index contributed by atoms with van der Waals surface area (Å²) in [5.41, 5.74) is 5.07. The van der Waals surface area contributed by atoms with E-state index in [1.54, 1.807) is 0 Å². The first-order chi connectivity index (χ1) is 5.93. The van der Waals surface area contributed by atoms with Gasteiger partial charge in [0.05, 0.1) is 6.61 Å². The minimum atomic E-state index is -4.27. The van der Waals surface area contributed by atoms with Gasteiger partial charge in [-0.05, 0) is 20.0 Å². The Bertz CT molecular complexity index is 140. The van der Waals surface area contributed by atoms with Crippen molar-refractivity contribution in [3.8, 4) is 0 Å². The van der Waals surface area contributed by atoms with Crippen molar-refractivity contribution in [1.82, 2.24) is 4.90 Å². The van der Waals surface area contributed by atoms with Crippen molar-refractivity contribution in [2.75, 3.05) is 26.7 Å². The first-order valence-electron chi connectivity index (χ1n) is 4.01. The third-order valence-electron chi connectivity index (χ3n) is 1.80. The largest absolute Gasteiger partial charge is 0.404 e. The van der Waals surface area contributed by atoms with Crippen LogP contribution in [0, 0.1) is 0 Å². The van der Waals surface area contributed by atoms with Gasteiger partial charge in [0.15, 0.2) is 0 Å². The highest BCUT2D eigenvalue weighted by molar-refractivity contribution is 4.76. The molecule has 80 valence electrons. The van der Waals surface area contributed by atoms with Gasteiger partial charge in [0, 0.05) is 6.54 Å². The minimum absolute atomic E-state index is 0.00414. The zero-order valence-corrected chi connectivity index (χ0v) is 7.51. The maximum absolute atomic E-state index is 12.3. The zero-order chi connectivity index (χ0) is 10.5. The molecular formula is C7H15F3N2O. The quantitative estimate of drug-likeness (QED) is 0.666. The molecule has 0 radical (unpaired) electrons. The van der Waals surface area contributed by atoms with E-state index in [0.717, 1.165) is 4.90 Å². The van der Waals surface area contributed by atoms with Crippen LogP contribution in [0.25, 0.3) is 0 Å². The van der Waals surface area contributed by atoms with Gasteiger partial charge in [0.25, 0.3) is 0 Å². The number of halogens is 3. The fourth-order valence-corrected chi connectivity index (χ4v) is 1.11. The van der Waals surface area contributed by atoms with Crippen molar-refractivity contribution in [1.29, 1.82) is 0 Å². The summed E-state index contributed by atoms with van der Waals surface area (Å²) in [6.45, 7) is -0.294. The predicted molar refractivity (Wildman–Crippen MR) is 43.2 cm³/mol. The van der Waals surface area contributed by atoms with E-state index in [1.807, 2.05) is 0 Å². The van der Waals surface area contributed by atoms with E-state index < -0.39 is 12.2 Å². The second-order valence-corrected chi connectivity index (χ2v) is 2.84. The van der Waals surface area contributed by atoms with Crippen LogP contribution in [0.1, 0.15) is 6.42 Å². The molecular weight excluding hydrogens is 185 g/mol. The number of likely N-dealkylation sites (N-methyl/N-ethyl adjacent to an activating group) is 1. The first-order valence-corrected chi connectivity index (χ1v) is 4.01. The Morgan fingerprint density at radius 1 is 1.46 bits per heavy atom. The maximum atomic E-state index is 12.3. The Morgan fingerprint density at radius 3 is 2.31 bits per heavy atom. The lowest BCUT2D eigenvalue weighted by Crippen LogP contribution is -2.45. The molecule has 0 aromatic heterocycles. The summed E-state index contributed by atoms with van der Waals surface area (Å²) in [6, 6.07) is -1.55. The number of hydrogen-bond donors (Lipinski definition) is 2. The van der Waals surface area contributed by atoms with E-state index in [-0.39, 0.29) is 26.1 Å². The van der Waals surface area contributed by atoms with E-state index in [1.165, 1.54) is 7.05 Å². The summed E-state index contributed by atoms with van der Waals surface area (Å²) in [5.74, 6) is 0. The van der Waals surface area contributed by atoms with Crippen LogP contribution in [-0.2, 0) is 0 Å². The number of aliphatic hydroxyl groups excluding tert-OH is 1. The Balaban J connectivity index is 4.23. The molecule has 0 saturated carbocycles. The van der Waals surface area contributed by atoms with Gasteiger partial charge in [-0.25, -0.2) is 0 Å². The third-order valence-corrected chi connectivity index (χ3v) is 1.80. The standard InChI is InChI=1S/C7H15F3N2O/c1-12(4-5-13)6(2-3-11)7(8,9)10/h6,13H,2-5,11H2,1H3. The number of hydrogen-bond acceptors (Lipinski definition) is 3. The molecule has 0 fully saturated rings. The molecule has 0 spiro atoms. The van der Waals surface area contributed by atoms with Gasteiger partial charge in [0.1, 0.15) is 6.04 Å². The molecule has 0 aliphatic rings. The smallest absolute Gasteiger partial charge is 0.395 e. The van der Waals surface area contributed by atoms with E-state index in [4.69, 9.17) is 10.8 Å². The van der Waals surface area contributed by atoms with Crippen molar-refractivity contribution in [3.05, 3.63) is 0 Å². The van der Waals surface area contributed by atoms with Gasteiger partial charge in [-0.15, -0.1) is 0 Å². The lowest BCUT2D eigenvalue weighted by Gasteiger charge is -2.28. The molecule has 3 N–H and O–H groups in total. The normalized spacial score (nSPS) is 15.0.